The number of aliphatic hydroxyl groups is 1. The molecule has 0 saturated carbocycles. The lowest BCUT2D eigenvalue weighted by molar-refractivity contribution is 0.0936. The van der Waals surface area contributed by atoms with Crippen molar-refractivity contribution >= 4 is 17.2 Å². The minimum absolute atomic E-state index is 0.0138. The Hall–Kier alpha value is -1.20. The zero-order valence-electron chi connectivity index (χ0n) is 11.3. The summed E-state index contributed by atoms with van der Waals surface area (Å²) in [4.78, 5) is 16.4. The van der Waals surface area contributed by atoms with Crippen molar-refractivity contribution in [1.29, 1.82) is 0 Å². The Kier molecular flexibility index (Phi) is 4.71. The number of hydrogen-bond acceptors (Lipinski definition) is 4. The summed E-state index contributed by atoms with van der Waals surface area (Å²) in [6.45, 7) is 4.41. The second-order valence-corrected chi connectivity index (χ2v) is 6.31. The van der Waals surface area contributed by atoms with E-state index in [4.69, 9.17) is 5.11 Å². The molecule has 2 rings (SSSR count). The van der Waals surface area contributed by atoms with E-state index in [1.54, 1.807) is 0 Å². The number of carbonyl (C=O) groups is 1. The van der Waals surface area contributed by atoms with E-state index < -0.39 is 0 Å². The molecule has 1 aliphatic carbocycles. The van der Waals surface area contributed by atoms with Crippen molar-refractivity contribution < 1.29 is 9.90 Å². The van der Waals surface area contributed by atoms with Gasteiger partial charge in [0.2, 0.25) is 0 Å². The maximum absolute atomic E-state index is 12.0. The molecule has 0 saturated heterocycles. The van der Waals surface area contributed by atoms with Crippen LogP contribution in [0.25, 0.3) is 0 Å². The predicted octanol–water partition coefficient (Wildman–Crippen LogP) is 2.01. The number of aromatic nitrogens is 1. The summed E-state index contributed by atoms with van der Waals surface area (Å²) in [5.41, 5.74) is 0.501. The van der Waals surface area contributed by atoms with Crippen LogP contribution in [0.15, 0.2) is 17.5 Å². The van der Waals surface area contributed by atoms with E-state index >= 15 is 0 Å². The van der Waals surface area contributed by atoms with E-state index in [9.17, 15) is 4.79 Å². The SMILES string of the molecule is CC(C)Cc1nc(C(=O)N[C@@H]2C=C[C@H](CO)C2)cs1. The summed E-state index contributed by atoms with van der Waals surface area (Å²) in [7, 11) is 0. The van der Waals surface area contributed by atoms with Crippen molar-refractivity contribution in [3.05, 3.63) is 28.2 Å². The molecule has 0 unspecified atom stereocenters. The van der Waals surface area contributed by atoms with E-state index in [1.165, 1.54) is 11.3 Å². The first-order chi connectivity index (χ1) is 9.08. The van der Waals surface area contributed by atoms with Crippen LogP contribution in [0.2, 0.25) is 0 Å². The van der Waals surface area contributed by atoms with Crippen LogP contribution in [0.1, 0.15) is 35.8 Å². The fourth-order valence-electron chi connectivity index (χ4n) is 2.12. The second kappa shape index (κ2) is 6.30. The molecule has 0 bridgehead atoms. The maximum Gasteiger partial charge on any atom is 0.271 e. The number of amides is 1. The third-order valence-electron chi connectivity index (χ3n) is 3.09. The highest BCUT2D eigenvalue weighted by atomic mass is 32.1. The average Bonchev–Trinajstić information content (AvgIpc) is 2.97. The highest BCUT2D eigenvalue weighted by Gasteiger charge is 2.21. The lowest BCUT2D eigenvalue weighted by Crippen LogP contribution is -2.33. The molecule has 19 heavy (non-hydrogen) atoms. The molecular formula is C14H20N2O2S. The van der Waals surface area contributed by atoms with E-state index in [-0.39, 0.29) is 24.5 Å². The zero-order valence-corrected chi connectivity index (χ0v) is 12.1. The number of nitrogens with one attached hydrogen (secondary N) is 1. The molecule has 5 heteroatoms. The number of aliphatic hydroxyl groups excluding tert-OH is 1. The van der Waals surface area contributed by atoms with Crippen LogP contribution in [0.3, 0.4) is 0 Å². The molecule has 0 radical (unpaired) electrons. The highest BCUT2D eigenvalue weighted by molar-refractivity contribution is 7.09. The molecule has 1 aliphatic rings. The van der Waals surface area contributed by atoms with Gasteiger partial charge in [-0.05, 0) is 12.3 Å². The summed E-state index contributed by atoms with van der Waals surface area (Å²) in [6, 6.07) is 0.0138. The molecule has 1 aromatic heterocycles. The molecule has 1 heterocycles. The van der Waals surface area contributed by atoms with Crippen LogP contribution in [-0.4, -0.2) is 28.6 Å². The van der Waals surface area contributed by atoms with Crippen LogP contribution >= 0.6 is 11.3 Å². The summed E-state index contributed by atoms with van der Waals surface area (Å²) in [6.07, 6.45) is 5.58. The van der Waals surface area contributed by atoms with Crippen LogP contribution in [0, 0.1) is 11.8 Å². The summed E-state index contributed by atoms with van der Waals surface area (Å²) < 4.78 is 0. The lowest BCUT2D eigenvalue weighted by atomic mass is 10.1. The molecule has 2 atom stereocenters. The van der Waals surface area contributed by atoms with Gasteiger partial charge in [-0.1, -0.05) is 26.0 Å². The fraction of sp³-hybridized carbons (Fsp3) is 0.571. The molecule has 0 spiro atoms. The summed E-state index contributed by atoms with van der Waals surface area (Å²) in [5.74, 6) is 0.585. The van der Waals surface area contributed by atoms with Crippen molar-refractivity contribution in [2.45, 2.75) is 32.7 Å². The minimum atomic E-state index is -0.125. The molecule has 1 amide bonds. The number of nitrogens with zero attached hydrogens (tertiary/aromatic N) is 1. The first-order valence-electron chi connectivity index (χ1n) is 6.63. The van der Waals surface area contributed by atoms with Crippen molar-refractivity contribution in [2.24, 2.45) is 11.8 Å². The molecule has 104 valence electrons. The quantitative estimate of drug-likeness (QED) is 0.811. The number of rotatable bonds is 5. The van der Waals surface area contributed by atoms with Gasteiger partial charge in [0, 0.05) is 30.4 Å². The van der Waals surface area contributed by atoms with Gasteiger partial charge in [-0.2, -0.15) is 0 Å². The van der Waals surface area contributed by atoms with Gasteiger partial charge in [0.25, 0.3) is 5.91 Å². The maximum atomic E-state index is 12.0. The van der Waals surface area contributed by atoms with Gasteiger partial charge in [-0.3, -0.25) is 4.79 Å². The van der Waals surface area contributed by atoms with E-state index in [0.29, 0.717) is 11.6 Å². The standard InChI is InChI=1S/C14H20N2O2S/c1-9(2)5-13-16-12(8-19-13)14(18)15-11-4-3-10(6-11)7-17/h3-4,8-11,17H,5-7H2,1-2H3,(H,15,18)/t10-,11+/m0/s1. The Bertz CT molecular complexity index is 468. The Morgan fingerprint density at radius 1 is 1.58 bits per heavy atom. The highest BCUT2D eigenvalue weighted by Crippen LogP contribution is 2.18. The van der Waals surface area contributed by atoms with Gasteiger partial charge in [-0.15, -0.1) is 11.3 Å². The van der Waals surface area contributed by atoms with Gasteiger partial charge in [0.1, 0.15) is 5.69 Å². The molecule has 2 N–H and O–H groups in total. The molecule has 0 fully saturated rings. The predicted molar refractivity (Wildman–Crippen MR) is 76.2 cm³/mol. The number of carbonyl (C=O) groups excluding carboxylic acids is 1. The number of thiazole rings is 1. The van der Waals surface area contributed by atoms with E-state index in [0.717, 1.165) is 17.8 Å². The Morgan fingerprint density at radius 3 is 3.00 bits per heavy atom. The van der Waals surface area contributed by atoms with Gasteiger partial charge in [0.05, 0.1) is 5.01 Å². The summed E-state index contributed by atoms with van der Waals surface area (Å²) in [5, 5.41) is 14.8. The number of hydrogen-bond donors (Lipinski definition) is 2. The summed E-state index contributed by atoms with van der Waals surface area (Å²) >= 11 is 1.54. The van der Waals surface area contributed by atoms with E-state index in [2.05, 4.69) is 24.1 Å². The molecule has 0 aliphatic heterocycles. The second-order valence-electron chi connectivity index (χ2n) is 5.37. The topological polar surface area (TPSA) is 62.2 Å². The van der Waals surface area contributed by atoms with E-state index in [1.807, 2.05) is 17.5 Å². The van der Waals surface area contributed by atoms with Gasteiger partial charge in [0.15, 0.2) is 0 Å². The first-order valence-corrected chi connectivity index (χ1v) is 7.51. The normalized spacial score (nSPS) is 22.1. The first kappa shape index (κ1) is 14.2. The van der Waals surface area contributed by atoms with Crippen LogP contribution in [0.4, 0.5) is 0 Å². The molecule has 4 nitrogen and oxygen atoms in total. The average molecular weight is 280 g/mol. The van der Waals surface area contributed by atoms with Gasteiger partial charge in [-0.25, -0.2) is 4.98 Å². The largest absolute Gasteiger partial charge is 0.396 e. The van der Waals surface area contributed by atoms with Gasteiger partial charge < -0.3 is 10.4 Å². The molecule has 0 aromatic carbocycles. The zero-order chi connectivity index (χ0) is 13.8. The lowest BCUT2D eigenvalue weighted by Gasteiger charge is -2.11. The van der Waals surface area contributed by atoms with Crippen LogP contribution in [-0.2, 0) is 6.42 Å². The Morgan fingerprint density at radius 2 is 2.37 bits per heavy atom. The van der Waals surface area contributed by atoms with Crippen molar-refractivity contribution in [3.63, 3.8) is 0 Å². The molecular weight excluding hydrogens is 260 g/mol. The third kappa shape index (κ3) is 3.88. The van der Waals surface area contributed by atoms with Crippen LogP contribution < -0.4 is 5.32 Å². The van der Waals surface area contributed by atoms with Crippen molar-refractivity contribution in [3.8, 4) is 0 Å². The van der Waals surface area contributed by atoms with Gasteiger partial charge >= 0.3 is 0 Å². The van der Waals surface area contributed by atoms with Crippen LogP contribution in [0.5, 0.6) is 0 Å². The Balaban J connectivity index is 1.90. The van der Waals surface area contributed by atoms with Crippen molar-refractivity contribution in [1.82, 2.24) is 10.3 Å². The Labute approximate surface area is 117 Å². The molecule has 1 aromatic rings. The third-order valence-corrected chi connectivity index (χ3v) is 3.96. The monoisotopic (exact) mass is 280 g/mol. The smallest absolute Gasteiger partial charge is 0.271 e. The van der Waals surface area contributed by atoms with Crippen molar-refractivity contribution in [2.75, 3.05) is 6.61 Å². The minimum Gasteiger partial charge on any atom is -0.396 e. The fourth-order valence-corrected chi connectivity index (χ4v) is 3.11.